The van der Waals surface area contributed by atoms with Crippen molar-refractivity contribution in [1.82, 2.24) is 15.2 Å². The minimum atomic E-state index is 0.728. The molecule has 2 fully saturated rings. The van der Waals surface area contributed by atoms with Crippen molar-refractivity contribution < 1.29 is 9.37 Å². The summed E-state index contributed by atoms with van der Waals surface area (Å²) in [4.78, 5) is 6.10. The molecule has 2 saturated heterocycles. The predicted octanol–water partition coefficient (Wildman–Crippen LogP) is 1.71. The summed E-state index contributed by atoms with van der Waals surface area (Å²) in [6.07, 6.45) is 2.08. The molecule has 2 aromatic rings. The standard InChI is InChI=1S/C15H20N4O2S/c1-22-12-6-13-15(17-21-16-13)14(7-12)19-9-11(10-19)8-18-2-4-20-5-3-18/h6-7,11H,2-5,8-10H2,1H3. The van der Waals surface area contributed by atoms with Gasteiger partial charge in [-0.15, -0.1) is 11.8 Å². The molecular formula is C15H20N4O2S. The molecule has 0 atom stereocenters. The summed E-state index contributed by atoms with van der Waals surface area (Å²) in [6.45, 7) is 7.21. The van der Waals surface area contributed by atoms with Crippen LogP contribution in [0.5, 0.6) is 0 Å². The van der Waals surface area contributed by atoms with Crippen LogP contribution in [-0.4, -0.2) is 67.4 Å². The van der Waals surface area contributed by atoms with E-state index in [1.54, 1.807) is 11.8 Å². The van der Waals surface area contributed by atoms with Crippen molar-refractivity contribution in [3.63, 3.8) is 0 Å². The van der Waals surface area contributed by atoms with Crippen molar-refractivity contribution in [3.8, 4) is 0 Å². The lowest BCUT2D eigenvalue weighted by molar-refractivity contribution is 0.0286. The number of hydrogen-bond acceptors (Lipinski definition) is 7. The van der Waals surface area contributed by atoms with E-state index in [-0.39, 0.29) is 0 Å². The Balaban J connectivity index is 1.44. The lowest BCUT2D eigenvalue weighted by Crippen LogP contribution is -2.53. The van der Waals surface area contributed by atoms with Gasteiger partial charge in [0, 0.05) is 43.5 Å². The summed E-state index contributed by atoms with van der Waals surface area (Å²) in [6, 6.07) is 4.23. The molecule has 0 amide bonds. The molecule has 0 bridgehead atoms. The maximum absolute atomic E-state index is 5.41. The topological polar surface area (TPSA) is 54.6 Å². The van der Waals surface area contributed by atoms with Gasteiger partial charge < -0.3 is 9.64 Å². The zero-order valence-electron chi connectivity index (χ0n) is 12.7. The molecule has 0 spiro atoms. The van der Waals surface area contributed by atoms with Gasteiger partial charge in [-0.1, -0.05) is 0 Å². The number of fused-ring (bicyclic) bond motifs is 1. The molecule has 3 heterocycles. The van der Waals surface area contributed by atoms with Crippen molar-refractivity contribution in [3.05, 3.63) is 12.1 Å². The fraction of sp³-hybridized carbons (Fsp3) is 0.600. The quantitative estimate of drug-likeness (QED) is 0.795. The van der Waals surface area contributed by atoms with E-state index in [0.29, 0.717) is 0 Å². The van der Waals surface area contributed by atoms with Gasteiger partial charge in [-0.05, 0) is 28.7 Å². The second-order valence-corrected chi connectivity index (χ2v) is 6.84. The van der Waals surface area contributed by atoms with Gasteiger partial charge in [0.1, 0.15) is 5.52 Å². The molecule has 0 saturated carbocycles. The number of benzene rings is 1. The van der Waals surface area contributed by atoms with Crippen molar-refractivity contribution >= 4 is 28.5 Å². The van der Waals surface area contributed by atoms with Crippen LogP contribution in [0.2, 0.25) is 0 Å². The van der Waals surface area contributed by atoms with Gasteiger partial charge in [0.2, 0.25) is 0 Å². The Hall–Kier alpha value is -1.31. The predicted molar refractivity (Wildman–Crippen MR) is 86.5 cm³/mol. The lowest BCUT2D eigenvalue weighted by Gasteiger charge is -2.43. The Kier molecular flexibility index (Phi) is 3.94. The molecule has 22 heavy (non-hydrogen) atoms. The average Bonchev–Trinajstić information content (AvgIpc) is 2.99. The van der Waals surface area contributed by atoms with Gasteiger partial charge in [-0.3, -0.25) is 4.90 Å². The summed E-state index contributed by atoms with van der Waals surface area (Å²) in [5.41, 5.74) is 2.88. The molecule has 0 unspecified atom stereocenters. The highest BCUT2D eigenvalue weighted by Gasteiger charge is 2.31. The number of ether oxygens (including phenoxy) is 1. The molecule has 0 aliphatic carbocycles. The normalized spacial score (nSPS) is 20.5. The molecule has 1 aromatic carbocycles. The van der Waals surface area contributed by atoms with E-state index >= 15 is 0 Å². The van der Waals surface area contributed by atoms with Crippen LogP contribution in [0, 0.1) is 5.92 Å². The van der Waals surface area contributed by atoms with Gasteiger partial charge in [0.15, 0.2) is 5.52 Å². The molecule has 6 nitrogen and oxygen atoms in total. The van der Waals surface area contributed by atoms with Crippen LogP contribution in [-0.2, 0) is 4.74 Å². The molecule has 0 N–H and O–H groups in total. The van der Waals surface area contributed by atoms with E-state index in [1.807, 2.05) is 6.07 Å². The zero-order chi connectivity index (χ0) is 14.9. The van der Waals surface area contributed by atoms with Crippen molar-refractivity contribution in [2.24, 2.45) is 5.92 Å². The lowest BCUT2D eigenvalue weighted by atomic mass is 9.98. The Bertz CT molecular complexity index is 650. The van der Waals surface area contributed by atoms with E-state index in [1.165, 1.54) is 11.4 Å². The van der Waals surface area contributed by atoms with E-state index in [2.05, 4.69) is 32.4 Å². The van der Waals surface area contributed by atoms with E-state index in [9.17, 15) is 0 Å². The molecule has 4 rings (SSSR count). The first-order valence-electron chi connectivity index (χ1n) is 7.69. The Morgan fingerprint density at radius 2 is 2.05 bits per heavy atom. The Morgan fingerprint density at radius 3 is 2.82 bits per heavy atom. The van der Waals surface area contributed by atoms with Gasteiger partial charge in [0.05, 0.1) is 18.9 Å². The van der Waals surface area contributed by atoms with E-state index < -0.39 is 0 Å². The van der Waals surface area contributed by atoms with Gasteiger partial charge in [-0.25, -0.2) is 4.63 Å². The van der Waals surface area contributed by atoms with Crippen LogP contribution in [0.25, 0.3) is 11.0 Å². The molecule has 118 valence electrons. The maximum Gasteiger partial charge on any atom is 0.158 e. The van der Waals surface area contributed by atoms with Crippen LogP contribution in [0.4, 0.5) is 5.69 Å². The minimum Gasteiger partial charge on any atom is -0.379 e. The molecule has 1 aromatic heterocycles. The summed E-state index contributed by atoms with van der Waals surface area (Å²) in [7, 11) is 0. The molecular weight excluding hydrogens is 300 g/mol. The Morgan fingerprint density at radius 1 is 1.23 bits per heavy atom. The number of anilines is 1. The fourth-order valence-corrected chi connectivity index (χ4v) is 3.70. The number of thioether (sulfide) groups is 1. The average molecular weight is 320 g/mol. The third-order valence-electron chi connectivity index (χ3n) is 4.47. The van der Waals surface area contributed by atoms with E-state index in [0.717, 1.165) is 62.0 Å². The van der Waals surface area contributed by atoms with Crippen molar-refractivity contribution in [2.45, 2.75) is 4.90 Å². The number of hydrogen-bond donors (Lipinski definition) is 0. The molecule has 0 radical (unpaired) electrons. The molecule has 2 aliphatic heterocycles. The minimum absolute atomic E-state index is 0.728. The second-order valence-electron chi connectivity index (χ2n) is 5.96. The first-order valence-corrected chi connectivity index (χ1v) is 8.91. The van der Waals surface area contributed by atoms with Crippen LogP contribution in [0.3, 0.4) is 0 Å². The van der Waals surface area contributed by atoms with E-state index in [4.69, 9.17) is 9.37 Å². The highest BCUT2D eigenvalue weighted by molar-refractivity contribution is 7.98. The monoisotopic (exact) mass is 320 g/mol. The van der Waals surface area contributed by atoms with Crippen LogP contribution in [0.1, 0.15) is 0 Å². The van der Waals surface area contributed by atoms with Gasteiger partial charge in [-0.2, -0.15) is 0 Å². The fourth-order valence-electron chi connectivity index (χ4n) is 3.24. The Labute approximate surface area is 133 Å². The molecule has 2 aliphatic rings. The zero-order valence-corrected chi connectivity index (χ0v) is 13.5. The third kappa shape index (κ3) is 2.68. The highest BCUT2D eigenvalue weighted by Crippen LogP contribution is 2.34. The number of rotatable bonds is 4. The number of morpholine rings is 1. The molecule has 7 heteroatoms. The summed E-state index contributed by atoms with van der Waals surface area (Å²) >= 11 is 1.72. The SMILES string of the molecule is CSc1cc(N2CC(CN3CCOCC3)C2)c2nonc2c1. The largest absolute Gasteiger partial charge is 0.379 e. The third-order valence-corrected chi connectivity index (χ3v) is 5.18. The van der Waals surface area contributed by atoms with Gasteiger partial charge >= 0.3 is 0 Å². The first kappa shape index (κ1) is 14.3. The smallest absolute Gasteiger partial charge is 0.158 e. The summed E-state index contributed by atoms with van der Waals surface area (Å²) in [5, 5.41) is 8.07. The summed E-state index contributed by atoms with van der Waals surface area (Å²) in [5.74, 6) is 0.728. The first-order chi connectivity index (χ1) is 10.8. The maximum atomic E-state index is 5.41. The van der Waals surface area contributed by atoms with Gasteiger partial charge in [0.25, 0.3) is 0 Å². The van der Waals surface area contributed by atoms with Crippen molar-refractivity contribution in [2.75, 3.05) is 57.1 Å². The van der Waals surface area contributed by atoms with Crippen LogP contribution < -0.4 is 4.90 Å². The van der Waals surface area contributed by atoms with Crippen molar-refractivity contribution in [1.29, 1.82) is 0 Å². The van der Waals surface area contributed by atoms with Crippen LogP contribution >= 0.6 is 11.8 Å². The summed E-state index contributed by atoms with van der Waals surface area (Å²) < 4.78 is 10.3. The van der Waals surface area contributed by atoms with Crippen LogP contribution in [0.15, 0.2) is 21.7 Å². The number of nitrogens with zero attached hydrogens (tertiary/aromatic N) is 4. The second kappa shape index (κ2) is 6.06. The number of aromatic nitrogens is 2. The highest BCUT2D eigenvalue weighted by atomic mass is 32.2.